The van der Waals surface area contributed by atoms with Crippen molar-refractivity contribution in [2.75, 3.05) is 36.0 Å². The van der Waals surface area contributed by atoms with Crippen LogP contribution in [-0.2, 0) is 6.18 Å². The van der Waals surface area contributed by atoms with E-state index in [0.717, 1.165) is 12.4 Å². The highest BCUT2D eigenvalue weighted by atomic mass is 19.4. The van der Waals surface area contributed by atoms with Crippen LogP contribution in [0.2, 0.25) is 0 Å². The number of halogens is 4. The van der Waals surface area contributed by atoms with E-state index >= 15 is 0 Å². The van der Waals surface area contributed by atoms with Crippen LogP contribution in [0.5, 0.6) is 0 Å². The topological polar surface area (TPSA) is 56.1 Å². The Morgan fingerprint density at radius 3 is 2.36 bits per heavy atom. The van der Waals surface area contributed by atoms with Crippen molar-refractivity contribution in [1.29, 1.82) is 5.26 Å². The van der Waals surface area contributed by atoms with E-state index in [4.69, 9.17) is 5.26 Å². The molecule has 9 heteroatoms. The molecule has 0 N–H and O–H groups in total. The quantitative estimate of drug-likeness (QED) is 0.779. The third-order valence-corrected chi connectivity index (χ3v) is 3.97. The average Bonchev–Trinajstić information content (AvgIpc) is 2.61. The highest BCUT2D eigenvalue weighted by molar-refractivity contribution is 5.61. The number of piperazine rings is 1. The summed E-state index contributed by atoms with van der Waals surface area (Å²) >= 11 is 0. The fourth-order valence-corrected chi connectivity index (χ4v) is 2.76. The van der Waals surface area contributed by atoms with Crippen molar-refractivity contribution in [3.05, 3.63) is 47.7 Å². The van der Waals surface area contributed by atoms with Gasteiger partial charge in [0.2, 0.25) is 0 Å². The molecule has 0 spiro atoms. The van der Waals surface area contributed by atoms with Crippen molar-refractivity contribution in [3.8, 4) is 6.07 Å². The van der Waals surface area contributed by atoms with E-state index in [-0.39, 0.29) is 17.1 Å². The molecule has 1 aliphatic rings. The van der Waals surface area contributed by atoms with Crippen LogP contribution in [0.15, 0.2) is 30.6 Å². The molecular formula is C16H13F4N5. The summed E-state index contributed by atoms with van der Waals surface area (Å²) < 4.78 is 52.3. The van der Waals surface area contributed by atoms with Crippen LogP contribution in [0.4, 0.5) is 29.1 Å². The highest BCUT2D eigenvalue weighted by Gasteiger charge is 2.33. The first-order valence-electron chi connectivity index (χ1n) is 7.48. The van der Waals surface area contributed by atoms with Gasteiger partial charge in [-0.15, -0.1) is 0 Å². The van der Waals surface area contributed by atoms with Gasteiger partial charge in [0.15, 0.2) is 0 Å². The molecule has 0 saturated carbocycles. The minimum atomic E-state index is -4.53. The number of para-hydroxylation sites is 1. The molecule has 1 aromatic heterocycles. The lowest BCUT2D eigenvalue weighted by atomic mass is 10.1. The molecular weight excluding hydrogens is 338 g/mol. The number of nitriles is 1. The molecule has 25 heavy (non-hydrogen) atoms. The Morgan fingerprint density at radius 1 is 1.04 bits per heavy atom. The van der Waals surface area contributed by atoms with Gasteiger partial charge in [0, 0.05) is 32.2 Å². The van der Waals surface area contributed by atoms with Gasteiger partial charge in [0.1, 0.15) is 29.7 Å². The van der Waals surface area contributed by atoms with Crippen molar-refractivity contribution in [3.63, 3.8) is 0 Å². The Balaban J connectivity index is 1.76. The summed E-state index contributed by atoms with van der Waals surface area (Å²) in [6, 6.07) is 7.14. The van der Waals surface area contributed by atoms with Crippen molar-refractivity contribution >= 4 is 11.5 Å². The number of alkyl halides is 3. The SMILES string of the molecule is N#Cc1cccc(F)c1N1CCN(c2cc(C(F)(F)F)ncn2)CC1. The number of aromatic nitrogens is 2. The van der Waals surface area contributed by atoms with Crippen LogP contribution < -0.4 is 9.80 Å². The number of anilines is 2. The van der Waals surface area contributed by atoms with Crippen molar-refractivity contribution in [2.45, 2.75) is 6.18 Å². The second-order valence-corrected chi connectivity index (χ2v) is 5.48. The molecule has 1 fully saturated rings. The zero-order valence-corrected chi connectivity index (χ0v) is 13.0. The average molecular weight is 351 g/mol. The Hall–Kier alpha value is -2.89. The summed E-state index contributed by atoms with van der Waals surface area (Å²) in [7, 11) is 0. The molecule has 1 saturated heterocycles. The lowest BCUT2D eigenvalue weighted by Gasteiger charge is -2.37. The highest BCUT2D eigenvalue weighted by Crippen LogP contribution is 2.30. The van der Waals surface area contributed by atoms with Gasteiger partial charge in [0.25, 0.3) is 0 Å². The summed E-state index contributed by atoms with van der Waals surface area (Å²) in [6.45, 7) is 1.43. The van der Waals surface area contributed by atoms with Gasteiger partial charge in [-0.2, -0.15) is 18.4 Å². The van der Waals surface area contributed by atoms with Crippen molar-refractivity contribution in [2.24, 2.45) is 0 Å². The summed E-state index contributed by atoms with van der Waals surface area (Å²) in [5.74, 6) is -0.315. The molecule has 0 unspecified atom stereocenters. The lowest BCUT2D eigenvalue weighted by molar-refractivity contribution is -0.141. The Labute approximate surface area is 141 Å². The second kappa shape index (κ2) is 6.55. The third-order valence-electron chi connectivity index (χ3n) is 3.97. The normalized spacial score (nSPS) is 15.2. The first-order valence-corrected chi connectivity index (χ1v) is 7.48. The zero-order chi connectivity index (χ0) is 18.0. The van der Waals surface area contributed by atoms with Crippen LogP contribution in [0.25, 0.3) is 0 Å². The first-order chi connectivity index (χ1) is 11.9. The molecule has 2 aromatic rings. The zero-order valence-electron chi connectivity index (χ0n) is 13.0. The van der Waals surface area contributed by atoms with Crippen LogP contribution in [0.3, 0.4) is 0 Å². The lowest BCUT2D eigenvalue weighted by Crippen LogP contribution is -2.47. The van der Waals surface area contributed by atoms with E-state index in [9.17, 15) is 17.6 Å². The van der Waals surface area contributed by atoms with Gasteiger partial charge >= 0.3 is 6.18 Å². The van der Waals surface area contributed by atoms with Gasteiger partial charge in [-0.3, -0.25) is 0 Å². The van der Waals surface area contributed by atoms with Gasteiger partial charge in [0.05, 0.1) is 11.3 Å². The molecule has 1 aromatic carbocycles. The van der Waals surface area contributed by atoms with Gasteiger partial charge in [-0.25, -0.2) is 14.4 Å². The minimum absolute atomic E-state index is 0.177. The molecule has 130 valence electrons. The maximum absolute atomic E-state index is 14.1. The predicted octanol–water partition coefficient (Wildman–Crippen LogP) is 2.83. The van der Waals surface area contributed by atoms with E-state index < -0.39 is 17.7 Å². The van der Waals surface area contributed by atoms with E-state index in [1.807, 2.05) is 6.07 Å². The van der Waals surface area contributed by atoms with Gasteiger partial charge < -0.3 is 9.80 Å². The molecule has 3 rings (SSSR count). The maximum atomic E-state index is 14.1. The predicted molar refractivity (Wildman–Crippen MR) is 82.6 cm³/mol. The molecule has 2 heterocycles. The third kappa shape index (κ3) is 3.47. The molecule has 5 nitrogen and oxygen atoms in total. The molecule has 0 radical (unpaired) electrons. The molecule has 1 aliphatic heterocycles. The standard InChI is InChI=1S/C16H13F4N5/c17-12-3-1-2-11(9-21)15(12)25-6-4-24(5-7-25)14-8-13(16(18,19)20)22-10-23-14/h1-3,8,10H,4-7H2. The molecule has 0 atom stereocenters. The summed E-state index contributed by atoms with van der Waals surface area (Å²) in [5, 5.41) is 9.13. The van der Waals surface area contributed by atoms with E-state index in [0.29, 0.717) is 26.2 Å². The molecule has 0 aliphatic carbocycles. The fourth-order valence-electron chi connectivity index (χ4n) is 2.76. The Bertz CT molecular complexity index is 807. The number of nitrogens with zero attached hydrogens (tertiary/aromatic N) is 5. The van der Waals surface area contributed by atoms with Gasteiger partial charge in [-0.1, -0.05) is 6.07 Å². The summed E-state index contributed by atoms with van der Waals surface area (Å²) in [6.07, 6.45) is -3.65. The van der Waals surface area contributed by atoms with Crippen LogP contribution >= 0.6 is 0 Å². The van der Waals surface area contributed by atoms with Crippen LogP contribution in [0.1, 0.15) is 11.3 Å². The maximum Gasteiger partial charge on any atom is 0.433 e. The number of hydrogen-bond donors (Lipinski definition) is 0. The van der Waals surface area contributed by atoms with Crippen molar-refractivity contribution < 1.29 is 17.6 Å². The minimum Gasteiger partial charge on any atom is -0.365 e. The van der Waals surface area contributed by atoms with Crippen molar-refractivity contribution in [1.82, 2.24) is 9.97 Å². The van der Waals surface area contributed by atoms with Gasteiger partial charge in [-0.05, 0) is 12.1 Å². The smallest absolute Gasteiger partial charge is 0.365 e. The first kappa shape index (κ1) is 17.0. The number of rotatable bonds is 2. The molecule has 0 amide bonds. The Kier molecular flexibility index (Phi) is 4.44. The second-order valence-electron chi connectivity index (χ2n) is 5.48. The number of hydrogen-bond acceptors (Lipinski definition) is 5. The monoisotopic (exact) mass is 351 g/mol. The van der Waals surface area contributed by atoms with E-state index in [2.05, 4.69) is 9.97 Å². The van der Waals surface area contributed by atoms with E-state index in [1.54, 1.807) is 9.80 Å². The van der Waals surface area contributed by atoms with E-state index in [1.165, 1.54) is 18.2 Å². The number of benzene rings is 1. The summed E-state index contributed by atoms with van der Waals surface area (Å²) in [5.41, 5.74) is -0.543. The Morgan fingerprint density at radius 2 is 1.72 bits per heavy atom. The van der Waals surface area contributed by atoms with Crippen LogP contribution in [0, 0.1) is 17.1 Å². The molecule has 0 bridgehead atoms. The fraction of sp³-hybridized carbons (Fsp3) is 0.312. The summed E-state index contributed by atoms with van der Waals surface area (Å²) in [4.78, 5) is 10.5. The van der Waals surface area contributed by atoms with Crippen LogP contribution in [-0.4, -0.2) is 36.1 Å². The largest absolute Gasteiger partial charge is 0.433 e.